The molecule has 0 aromatic heterocycles. The number of aliphatic hydroxyl groups excluding tert-OH is 1. The molecule has 0 aromatic rings. The van der Waals surface area contributed by atoms with Crippen molar-refractivity contribution >= 4 is 45.2 Å². The summed E-state index contributed by atoms with van der Waals surface area (Å²) >= 11 is 3.81. The van der Waals surface area contributed by atoms with Gasteiger partial charge in [-0.15, -0.1) is 0 Å². The molecular formula is C10H16F2I2O. The Morgan fingerprint density at radius 3 is 2.60 bits per heavy atom. The Morgan fingerprint density at radius 1 is 1.53 bits per heavy atom. The highest BCUT2D eigenvalue weighted by Gasteiger charge is 2.29. The van der Waals surface area contributed by atoms with Crippen LogP contribution in [-0.2, 0) is 0 Å². The van der Waals surface area contributed by atoms with Gasteiger partial charge in [-0.2, -0.15) is 0 Å². The summed E-state index contributed by atoms with van der Waals surface area (Å²) in [5.74, 6) is -2.79. The Kier molecular flexibility index (Phi) is 8.72. The molecule has 0 aromatic carbocycles. The lowest BCUT2D eigenvalue weighted by atomic mass is 10.1. The van der Waals surface area contributed by atoms with E-state index in [1.165, 1.54) is 0 Å². The lowest BCUT2D eigenvalue weighted by molar-refractivity contribution is 0.0450. The molecule has 0 aliphatic carbocycles. The van der Waals surface area contributed by atoms with Gasteiger partial charge in [-0.05, 0) is 35.1 Å². The van der Waals surface area contributed by atoms with Gasteiger partial charge in [0.2, 0.25) is 0 Å². The van der Waals surface area contributed by atoms with E-state index < -0.39 is 5.92 Å². The summed E-state index contributed by atoms with van der Waals surface area (Å²) in [6.45, 7) is 1.74. The lowest BCUT2D eigenvalue weighted by Crippen LogP contribution is -2.19. The van der Waals surface area contributed by atoms with Gasteiger partial charge in [-0.25, -0.2) is 8.78 Å². The molecule has 0 saturated carbocycles. The van der Waals surface area contributed by atoms with Crippen molar-refractivity contribution in [2.75, 3.05) is 6.61 Å². The number of hydrogen-bond donors (Lipinski definition) is 1. The molecule has 0 fully saturated rings. The number of alkyl halides is 3. The van der Waals surface area contributed by atoms with E-state index in [2.05, 4.69) is 29.5 Å². The minimum atomic E-state index is -2.79. The summed E-state index contributed by atoms with van der Waals surface area (Å²) in [7, 11) is 0. The second-order valence-corrected chi connectivity index (χ2v) is 6.60. The van der Waals surface area contributed by atoms with Gasteiger partial charge in [0.05, 0.1) is 6.61 Å². The summed E-state index contributed by atoms with van der Waals surface area (Å²) in [5.41, 5.74) is 0. The maximum absolute atomic E-state index is 13.3. The van der Waals surface area contributed by atoms with Crippen molar-refractivity contribution in [3.05, 3.63) is 9.66 Å². The maximum Gasteiger partial charge on any atom is 0.268 e. The molecule has 5 heteroatoms. The summed E-state index contributed by atoms with van der Waals surface area (Å²) in [6, 6.07) is 0. The number of halogens is 4. The van der Waals surface area contributed by atoms with Crippen LogP contribution in [0.2, 0.25) is 0 Å². The predicted octanol–water partition coefficient (Wildman–Crippen LogP) is 4.32. The molecule has 0 saturated heterocycles. The van der Waals surface area contributed by atoms with Crippen molar-refractivity contribution in [2.24, 2.45) is 0 Å². The molecule has 0 amide bonds. The Bertz CT molecular complexity index is 208. The van der Waals surface area contributed by atoms with E-state index in [4.69, 9.17) is 5.11 Å². The fourth-order valence-electron chi connectivity index (χ4n) is 1.16. The third-order valence-electron chi connectivity index (χ3n) is 1.88. The molecular weight excluding hydrogens is 428 g/mol. The Morgan fingerprint density at radius 2 is 2.13 bits per heavy atom. The van der Waals surface area contributed by atoms with Crippen LogP contribution >= 0.6 is 45.2 Å². The third-order valence-corrected chi connectivity index (χ3v) is 3.60. The van der Waals surface area contributed by atoms with E-state index in [0.29, 0.717) is 3.58 Å². The Labute approximate surface area is 117 Å². The van der Waals surface area contributed by atoms with Gasteiger partial charge in [-0.3, -0.25) is 0 Å². The second-order valence-electron chi connectivity index (χ2n) is 3.45. The molecule has 90 valence electrons. The van der Waals surface area contributed by atoms with Crippen molar-refractivity contribution in [1.82, 2.24) is 0 Å². The van der Waals surface area contributed by atoms with Crippen LogP contribution in [0, 0.1) is 0 Å². The van der Waals surface area contributed by atoms with Crippen LogP contribution in [0.3, 0.4) is 0 Å². The van der Waals surface area contributed by atoms with E-state index >= 15 is 0 Å². The quantitative estimate of drug-likeness (QED) is 0.459. The highest BCUT2D eigenvalue weighted by atomic mass is 127. The molecule has 0 heterocycles. The maximum atomic E-state index is 13.3. The predicted molar refractivity (Wildman–Crippen MR) is 76.1 cm³/mol. The highest BCUT2D eigenvalue weighted by molar-refractivity contribution is 14.1. The van der Waals surface area contributed by atoms with Crippen LogP contribution in [0.4, 0.5) is 8.78 Å². The number of rotatable bonds is 7. The minimum absolute atomic E-state index is 0.00306. The van der Waals surface area contributed by atoms with Gasteiger partial charge in [0.25, 0.3) is 5.92 Å². The van der Waals surface area contributed by atoms with Crippen LogP contribution in [0.5, 0.6) is 0 Å². The van der Waals surface area contributed by atoms with Crippen molar-refractivity contribution in [2.45, 2.75) is 42.5 Å². The topological polar surface area (TPSA) is 20.2 Å². The zero-order chi connectivity index (χ0) is 11.9. The fourth-order valence-corrected chi connectivity index (χ4v) is 2.64. The number of allylic oxidation sites excluding steroid dienone is 1. The fraction of sp³-hybridized carbons (Fsp3) is 0.800. The molecule has 0 aliphatic rings. The zero-order valence-corrected chi connectivity index (χ0v) is 13.0. The van der Waals surface area contributed by atoms with Gasteiger partial charge in [0.1, 0.15) is 0 Å². The van der Waals surface area contributed by atoms with Gasteiger partial charge >= 0.3 is 0 Å². The Balaban J connectivity index is 4.12. The van der Waals surface area contributed by atoms with Crippen LogP contribution in [0.15, 0.2) is 9.66 Å². The van der Waals surface area contributed by atoms with Gasteiger partial charge < -0.3 is 5.11 Å². The number of unbranched alkanes of at least 4 members (excludes halogenated alkanes) is 1. The first-order chi connectivity index (χ1) is 6.91. The summed E-state index contributed by atoms with van der Waals surface area (Å²) in [6.07, 6.45) is 3.58. The van der Waals surface area contributed by atoms with Gasteiger partial charge in [0.15, 0.2) is 0 Å². The zero-order valence-electron chi connectivity index (χ0n) is 8.65. The van der Waals surface area contributed by atoms with E-state index in [0.717, 1.165) is 25.3 Å². The van der Waals surface area contributed by atoms with E-state index in [1.807, 2.05) is 0 Å². The van der Waals surface area contributed by atoms with E-state index in [1.54, 1.807) is 22.6 Å². The van der Waals surface area contributed by atoms with Crippen molar-refractivity contribution in [1.29, 1.82) is 0 Å². The van der Waals surface area contributed by atoms with E-state index in [-0.39, 0.29) is 17.0 Å². The SMILES string of the molecule is CCCCC(I)CC(F)(F)/C=C(\I)CO. The first-order valence-electron chi connectivity index (χ1n) is 4.91. The highest BCUT2D eigenvalue weighted by Crippen LogP contribution is 2.30. The molecule has 15 heavy (non-hydrogen) atoms. The van der Waals surface area contributed by atoms with Crippen LogP contribution in [0.1, 0.15) is 32.6 Å². The average molecular weight is 444 g/mol. The molecule has 0 spiro atoms. The lowest BCUT2D eigenvalue weighted by Gasteiger charge is -2.16. The summed E-state index contributed by atoms with van der Waals surface area (Å²) in [4.78, 5) is 0. The number of hydrogen-bond acceptors (Lipinski definition) is 1. The molecule has 1 unspecified atom stereocenters. The normalized spacial score (nSPS) is 15.5. The molecule has 0 radical (unpaired) electrons. The van der Waals surface area contributed by atoms with E-state index in [9.17, 15) is 8.78 Å². The molecule has 1 N–H and O–H groups in total. The van der Waals surface area contributed by atoms with Crippen LogP contribution < -0.4 is 0 Å². The minimum Gasteiger partial charge on any atom is -0.391 e. The smallest absolute Gasteiger partial charge is 0.268 e. The molecule has 1 atom stereocenters. The molecule has 0 aliphatic heterocycles. The monoisotopic (exact) mass is 444 g/mol. The summed E-state index contributed by atoms with van der Waals surface area (Å²) < 4.78 is 27.0. The van der Waals surface area contributed by atoms with Crippen molar-refractivity contribution < 1.29 is 13.9 Å². The summed E-state index contributed by atoms with van der Waals surface area (Å²) in [5, 5.41) is 8.66. The second kappa shape index (κ2) is 8.16. The first-order valence-corrected chi connectivity index (χ1v) is 7.23. The molecule has 1 nitrogen and oxygen atoms in total. The van der Waals surface area contributed by atoms with Crippen molar-refractivity contribution in [3.8, 4) is 0 Å². The first kappa shape index (κ1) is 16.0. The largest absolute Gasteiger partial charge is 0.391 e. The van der Waals surface area contributed by atoms with Crippen LogP contribution in [0.25, 0.3) is 0 Å². The van der Waals surface area contributed by atoms with Crippen molar-refractivity contribution in [3.63, 3.8) is 0 Å². The van der Waals surface area contributed by atoms with Gasteiger partial charge in [0, 0.05) is 13.9 Å². The van der Waals surface area contributed by atoms with Gasteiger partial charge in [-0.1, -0.05) is 42.4 Å². The Hall–Kier alpha value is 1.02. The molecule has 0 rings (SSSR count). The third kappa shape index (κ3) is 8.79. The average Bonchev–Trinajstić information content (AvgIpc) is 2.12. The standard InChI is InChI=1S/C10H16F2I2O/c1-2-3-4-8(13)5-10(11,12)6-9(14)7-15/h6,8,15H,2-5,7H2,1H3/b9-6-. The van der Waals surface area contributed by atoms with Crippen LogP contribution in [-0.4, -0.2) is 21.6 Å². The number of aliphatic hydroxyl groups is 1. The molecule has 0 bridgehead atoms.